The van der Waals surface area contributed by atoms with Gasteiger partial charge in [0.15, 0.2) is 0 Å². The summed E-state index contributed by atoms with van der Waals surface area (Å²) in [5.74, 6) is 0.579. The smallest absolute Gasteiger partial charge is 0.211 e. The summed E-state index contributed by atoms with van der Waals surface area (Å²) < 4.78 is 5.03. The van der Waals surface area contributed by atoms with Gasteiger partial charge in [0.05, 0.1) is 12.1 Å². The molecule has 0 aliphatic carbocycles. The largest absolute Gasteiger partial charge is 0.497 e. The van der Waals surface area contributed by atoms with Crippen molar-refractivity contribution in [1.82, 2.24) is 4.98 Å². The van der Waals surface area contributed by atoms with Gasteiger partial charge in [0.2, 0.25) is 5.78 Å². The number of carbonyl (C=O) groups excluding carboxylic acids is 1. The molecular weight excluding hydrogens is 238 g/mol. The fourth-order valence-electron chi connectivity index (χ4n) is 1.40. The van der Waals surface area contributed by atoms with Crippen LogP contribution in [0.4, 0.5) is 0 Å². The van der Waals surface area contributed by atoms with E-state index in [4.69, 9.17) is 16.3 Å². The number of ketones is 1. The normalized spacial score (nSPS) is 10.0. The summed E-state index contributed by atoms with van der Waals surface area (Å²) in [6.45, 7) is 0. The van der Waals surface area contributed by atoms with E-state index in [1.165, 1.54) is 6.20 Å². The van der Waals surface area contributed by atoms with E-state index in [0.717, 1.165) is 0 Å². The van der Waals surface area contributed by atoms with Crippen LogP contribution in [0.2, 0.25) is 5.02 Å². The van der Waals surface area contributed by atoms with Gasteiger partial charge in [-0.05, 0) is 36.4 Å². The van der Waals surface area contributed by atoms with Gasteiger partial charge < -0.3 is 4.74 Å². The lowest BCUT2D eigenvalue weighted by atomic mass is 10.1. The highest BCUT2D eigenvalue weighted by Gasteiger charge is 2.10. The van der Waals surface area contributed by atoms with Crippen LogP contribution in [0.15, 0.2) is 42.6 Å². The van der Waals surface area contributed by atoms with Gasteiger partial charge in [-0.25, -0.2) is 0 Å². The molecular formula is C13H10ClNO2. The van der Waals surface area contributed by atoms with Crippen LogP contribution < -0.4 is 4.74 Å². The van der Waals surface area contributed by atoms with Crippen molar-refractivity contribution in [2.24, 2.45) is 0 Å². The van der Waals surface area contributed by atoms with E-state index in [-0.39, 0.29) is 5.78 Å². The molecule has 0 N–H and O–H groups in total. The first-order valence-electron chi connectivity index (χ1n) is 5.01. The highest BCUT2D eigenvalue weighted by molar-refractivity contribution is 6.30. The minimum atomic E-state index is -0.135. The van der Waals surface area contributed by atoms with Gasteiger partial charge in [-0.3, -0.25) is 9.78 Å². The summed E-state index contributed by atoms with van der Waals surface area (Å²) in [4.78, 5) is 16.0. The first kappa shape index (κ1) is 11.6. The Hall–Kier alpha value is -1.87. The zero-order valence-corrected chi connectivity index (χ0v) is 9.94. The molecule has 0 saturated carbocycles. The van der Waals surface area contributed by atoms with Gasteiger partial charge >= 0.3 is 0 Å². The summed E-state index contributed by atoms with van der Waals surface area (Å²) in [5, 5.41) is 0.510. The van der Waals surface area contributed by atoms with Gasteiger partial charge in [0, 0.05) is 11.8 Å². The topological polar surface area (TPSA) is 39.2 Å². The van der Waals surface area contributed by atoms with Crippen LogP contribution in [0.1, 0.15) is 16.1 Å². The minimum Gasteiger partial charge on any atom is -0.497 e. The second-order valence-corrected chi connectivity index (χ2v) is 3.86. The Morgan fingerprint density at radius 3 is 2.41 bits per heavy atom. The van der Waals surface area contributed by atoms with Gasteiger partial charge in [0.25, 0.3) is 0 Å². The zero-order valence-electron chi connectivity index (χ0n) is 9.18. The lowest BCUT2D eigenvalue weighted by Gasteiger charge is -2.02. The molecule has 0 fully saturated rings. The molecule has 3 nitrogen and oxygen atoms in total. The second-order valence-electron chi connectivity index (χ2n) is 3.42. The first-order chi connectivity index (χ1) is 8.20. The maximum Gasteiger partial charge on any atom is 0.211 e. The molecule has 2 aromatic rings. The minimum absolute atomic E-state index is 0.135. The van der Waals surface area contributed by atoms with Crippen molar-refractivity contribution in [2.45, 2.75) is 0 Å². The monoisotopic (exact) mass is 247 g/mol. The summed E-state index contributed by atoms with van der Waals surface area (Å²) in [7, 11) is 1.58. The molecule has 17 heavy (non-hydrogen) atoms. The molecule has 4 heteroatoms. The first-order valence-corrected chi connectivity index (χ1v) is 5.39. The third kappa shape index (κ3) is 2.63. The second kappa shape index (κ2) is 4.97. The third-order valence-electron chi connectivity index (χ3n) is 2.31. The number of aromatic nitrogens is 1. The van der Waals surface area contributed by atoms with Crippen LogP contribution in [0.3, 0.4) is 0 Å². The number of rotatable bonds is 3. The van der Waals surface area contributed by atoms with Crippen LogP contribution >= 0.6 is 11.6 Å². The lowest BCUT2D eigenvalue weighted by Crippen LogP contribution is -2.03. The van der Waals surface area contributed by atoms with Crippen molar-refractivity contribution in [3.8, 4) is 5.75 Å². The SMILES string of the molecule is COc1ccc(C(=O)c2ccc(Cl)cn2)cc1. The molecule has 1 aromatic carbocycles. The standard InChI is InChI=1S/C13H10ClNO2/c1-17-11-5-2-9(3-6-11)13(16)12-7-4-10(14)8-15-12/h2-8H,1H3. The molecule has 0 saturated heterocycles. The molecule has 0 amide bonds. The van der Waals surface area contributed by atoms with Gasteiger partial charge in [-0.15, -0.1) is 0 Å². The fraction of sp³-hybridized carbons (Fsp3) is 0.0769. The maximum absolute atomic E-state index is 12.0. The Labute approximate surface area is 104 Å². The highest BCUT2D eigenvalue weighted by Crippen LogP contribution is 2.15. The Kier molecular flexibility index (Phi) is 3.40. The number of halogens is 1. The molecule has 86 valence electrons. The number of pyridine rings is 1. The quantitative estimate of drug-likeness (QED) is 0.783. The highest BCUT2D eigenvalue weighted by atomic mass is 35.5. The van der Waals surface area contributed by atoms with Crippen LogP contribution in [0.5, 0.6) is 5.75 Å². The molecule has 0 radical (unpaired) electrons. The predicted octanol–water partition coefficient (Wildman–Crippen LogP) is 2.97. The zero-order chi connectivity index (χ0) is 12.3. The Balaban J connectivity index is 2.27. The number of carbonyl (C=O) groups is 1. The molecule has 0 aliphatic heterocycles. The van der Waals surface area contributed by atoms with E-state index >= 15 is 0 Å². The van der Waals surface area contributed by atoms with E-state index in [1.807, 2.05) is 0 Å². The molecule has 1 heterocycles. The average molecular weight is 248 g/mol. The fourth-order valence-corrected chi connectivity index (χ4v) is 1.51. The molecule has 0 unspecified atom stereocenters. The van der Waals surface area contributed by atoms with Crippen molar-refractivity contribution in [1.29, 1.82) is 0 Å². The number of methoxy groups -OCH3 is 1. The van der Waals surface area contributed by atoms with Gasteiger partial charge in [0.1, 0.15) is 11.4 Å². The van der Waals surface area contributed by atoms with Crippen LogP contribution in [-0.2, 0) is 0 Å². The van der Waals surface area contributed by atoms with Crippen LogP contribution in [-0.4, -0.2) is 17.9 Å². The number of hydrogen-bond acceptors (Lipinski definition) is 3. The van der Waals surface area contributed by atoms with E-state index in [2.05, 4.69) is 4.98 Å². The summed E-state index contributed by atoms with van der Waals surface area (Å²) >= 11 is 5.71. The molecule has 0 aliphatic rings. The Morgan fingerprint density at radius 1 is 1.18 bits per heavy atom. The van der Waals surface area contributed by atoms with Crippen molar-refractivity contribution in [2.75, 3.05) is 7.11 Å². The van der Waals surface area contributed by atoms with Crippen LogP contribution in [0.25, 0.3) is 0 Å². The predicted molar refractivity (Wildman–Crippen MR) is 65.7 cm³/mol. The van der Waals surface area contributed by atoms with E-state index in [9.17, 15) is 4.79 Å². The van der Waals surface area contributed by atoms with Gasteiger partial charge in [-0.2, -0.15) is 0 Å². The maximum atomic E-state index is 12.0. The van der Waals surface area contributed by atoms with Crippen molar-refractivity contribution < 1.29 is 9.53 Å². The number of nitrogens with zero attached hydrogens (tertiary/aromatic N) is 1. The number of ether oxygens (including phenoxy) is 1. The lowest BCUT2D eigenvalue weighted by molar-refractivity contribution is 0.103. The Morgan fingerprint density at radius 2 is 1.88 bits per heavy atom. The number of benzene rings is 1. The molecule has 0 atom stereocenters. The van der Waals surface area contributed by atoms with Crippen molar-refractivity contribution in [3.63, 3.8) is 0 Å². The molecule has 0 bridgehead atoms. The van der Waals surface area contributed by atoms with Crippen LogP contribution in [0, 0.1) is 0 Å². The van der Waals surface area contributed by atoms with E-state index < -0.39 is 0 Å². The van der Waals surface area contributed by atoms with E-state index in [1.54, 1.807) is 43.5 Å². The van der Waals surface area contributed by atoms with Gasteiger partial charge in [-0.1, -0.05) is 11.6 Å². The molecule has 1 aromatic heterocycles. The summed E-state index contributed by atoms with van der Waals surface area (Å²) in [5.41, 5.74) is 0.945. The van der Waals surface area contributed by atoms with Crippen molar-refractivity contribution >= 4 is 17.4 Å². The van der Waals surface area contributed by atoms with Crippen molar-refractivity contribution in [3.05, 3.63) is 58.9 Å². The third-order valence-corrected chi connectivity index (χ3v) is 2.54. The summed E-state index contributed by atoms with van der Waals surface area (Å²) in [6, 6.07) is 10.1. The Bertz CT molecular complexity index is 520. The van der Waals surface area contributed by atoms with E-state index in [0.29, 0.717) is 22.0 Å². The molecule has 2 rings (SSSR count). The number of hydrogen-bond donors (Lipinski definition) is 0. The summed E-state index contributed by atoms with van der Waals surface area (Å²) in [6.07, 6.45) is 1.46. The molecule has 0 spiro atoms. The average Bonchev–Trinajstić information content (AvgIpc) is 2.39.